The molecule has 0 bridgehead atoms. The molecule has 1 aliphatic carbocycles. The van der Waals surface area contributed by atoms with Crippen molar-refractivity contribution in [3.05, 3.63) is 35.6 Å². The zero-order chi connectivity index (χ0) is 14.5. The average Bonchev–Trinajstić information content (AvgIpc) is 2.47. The third-order valence-corrected chi connectivity index (χ3v) is 4.73. The quantitative estimate of drug-likeness (QED) is 0.882. The zero-order valence-electron chi connectivity index (χ0n) is 12.9. The van der Waals surface area contributed by atoms with Gasteiger partial charge >= 0.3 is 0 Å². The number of rotatable bonds is 5. The van der Waals surface area contributed by atoms with Gasteiger partial charge in [-0.05, 0) is 52.3 Å². The zero-order valence-corrected chi connectivity index (χ0v) is 12.9. The minimum Gasteiger partial charge on any atom is -0.314 e. The number of nitrogens with zero attached hydrogens (tertiary/aromatic N) is 1. The van der Waals surface area contributed by atoms with Crippen LogP contribution in [0, 0.1) is 5.82 Å². The van der Waals surface area contributed by atoms with Crippen molar-refractivity contribution in [3.63, 3.8) is 0 Å². The fourth-order valence-corrected chi connectivity index (χ4v) is 3.33. The van der Waals surface area contributed by atoms with E-state index >= 15 is 0 Å². The first kappa shape index (κ1) is 15.5. The van der Waals surface area contributed by atoms with Gasteiger partial charge in [0.05, 0.1) is 0 Å². The van der Waals surface area contributed by atoms with Gasteiger partial charge in [-0.3, -0.25) is 4.90 Å². The lowest BCUT2D eigenvalue weighted by molar-refractivity contribution is 0.133. The monoisotopic (exact) mass is 278 g/mol. The predicted octanol–water partition coefficient (Wildman–Crippen LogP) is 3.74. The summed E-state index contributed by atoms with van der Waals surface area (Å²) in [5, 5.41) is 3.54. The first-order valence-electron chi connectivity index (χ1n) is 7.83. The highest BCUT2D eigenvalue weighted by Crippen LogP contribution is 2.29. The largest absolute Gasteiger partial charge is 0.314 e. The standard InChI is InChI=1S/C17H27FN2/c1-4-19-14-9-11-15(12-10-14)20(3)13(2)16-7-5-6-8-17(16)18/h5-8,13-15,19H,4,9-12H2,1-3H3. The van der Waals surface area contributed by atoms with Crippen LogP contribution in [-0.2, 0) is 0 Å². The van der Waals surface area contributed by atoms with E-state index in [4.69, 9.17) is 0 Å². The van der Waals surface area contributed by atoms with Crippen molar-refractivity contribution >= 4 is 0 Å². The van der Waals surface area contributed by atoms with Crippen LogP contribution >= 0.6 is 0 Å². The molecule has 1 saturated carbocycles. The van der Waals surface area contributed by atoms with Crippen molar-refractivity contribution in [2.45, 2.75) is 57.7 Å². The van der Waals surface area contributed by atoms with E-state index in [1.807, 2.05) is 12.1 Å². The van der Waals surface area contributed by atoms with Crippen LogP contribution in [0.2, 0.25) is 0 Å². The van der Waals surface area contributed by atoms with Crippen molar-refractivity contribution in [2.75, 3.05) is 13.6 Å². The Morgan fingerprint density at radius 2 is 1.90 bits per heavy atom. The summed E-state index contributed by atoms with van der Waals surface area (Å²) in [4.78, 5) is 2.35. The van der Waals surface area contributed by atoms with Crippen molar-refractivity contribution in [1.82, 2.24) is 10.2 Å². The number of hydrogen-bond donors (Lipinski definition) is 1. The van der Waals surface area contributed by atoms with Crippen LogP contribution in [-0.4, -0.2) is 30.6 Å². The van der Waals surface area contributed by atoms with Crippen LogP contribution in [0.3, 0.4) is 0 Å². The summed E-state index contributed by atoms with van der Waals surface area (Å²) in [5.74, 6) is -0.0896. The maximum atomic E-state index is 13.9. The summed E-state index contributed by atoms with van der Waals surface area (Å²) in [5.41, 5.74) is 0.809. The Bertz CT molecular complexity index is 413. The minimum absolute atomic E-state index is 0.0896. The molecule has 1 aliphatic rings. The Balaban J connectivity index is 1.95. The molecular formula is C17H27FN2. The van der Waals surface area contributed by atoms with E-state index in [0.717, 1.165) is 12.1 Å². The molecule has 1 aromatic rings. The molecule has 0 heterocycles. The average molecular weight is 278 g/mol. The third-order valence-electron chi connectivity index (χ3n) is 4.73. The summed E-state index contributed by atoms with van der Waals surface area (Å²) in [6.07, 6.45) is 4.86. The van der Waals surface area contributed by atoms with E-state index in [1.165, 1.54) is 25.7 Å². The van der Waals surface area contributed by atoms with Gasteiger partial charge in [-0.25, -0.2) is 4.39 Å². The molecule has 0 aliphatic heterocycles. The summed E-state index contributed by atoms with van der Waals surface area (Å²) >= 11 is 0. The van der Waals surface area contributed by atoms with Crippen molar-refractivity contribution in [3.8, 4) is 0 Å². The lowest BCUT2D eigenvalue weighted by Gasteiger charge is -2.38. The predicted molar refractivity (Wildman–Crippen MR) is 82.3 cm³/mol. The molecule has 3 heteroatoms. The Kier molecular flexibility index (Phi) is 5.55. The fourth-order valence-electron chi connectivity index (χ4n) is 3.33. The lowest BCUT2D eigenvalue weighted by atomic mass is 9.89. The molecule has 0 spiro atoms. The fraction of sp³-hybridized carbons (Fsp3) is 0.647. The SMILES string of the molecule is CCNC1CCC(N(C)C(C)c2ccccc2F)CC1. The van der Waals surface area contributed by atoms with Crippen LogP contribution in [0.5, 0.6) is 0 Å². The van der Waals surface area contributed by atoms with Crippen LogP contribution in [0.25, 0.3) is 0 Å². The normalized spacial score (nSPS) is 24.9. The second-order valence-electron chi connectivity index (χ2n) is 5.93. The van der Waals surface area contributed by atoms with Gasteiger partial charge in [0.1, 0.15) is 5.82 Å². The highest BCUT2D eigenvalue weighted by atomic mass is 19.1. The number of hydrogen-bond acceptors (Lipinski definition) is 2. The van der Waals surface area contributed by atoms with E-state index in [2.05, 4.69) is 31.1 Å². The van der Waals surface area contributed by atoms with Crippen LogP contribution in [0.1, 0.15) is 51.1 Å². The maximum Gasteiger partial charge on any atom is 0.127 e. The molecule has 1 aromatic carbocycles. The van der Waals surface area contributed by atoms with Gasteiger partial charge in [-0.15, -0.1) is 0 Å². The van der Waals surface area contributed by atoms with E-state index in [-0.39, 0.29) is 11.9 Å². The van der Waals surface area contributed by atoms with E-state index in [0.29, 0.717) is 12.1 Å². The molecule has 0 amide bonds. The Morgan fingerprint density at radius 1 is 1.25 bits per heavy atom. The summed E-state index contributed by atoms with van der Waals surface area (Å²) < 4.78 is 13.9. The molecule has 20 heavy (non-hydrogen) atoms. The Morgan fingerprint density at radius 3 is 2.50 bits per heavy atom. The van der Waals surface area contributed by atoms with Gasteiger partial charge in [0, 0.05) is 23.7 Å². The van der Waals surface area contributed by atoms with Gasteiger partial charge in [0.25, 0.3) is 0 Å². The van der Waals surface area contributed by atoms with Crippen molar-refractivity contribution in [2.24, 2.45) is 0 Å². The van der Waals surface area contributed by atoms with E-state index < -0.39 is 0 Å². The molecule has 1 unspecified atom stereocenters. The molecule has 2 nitrogen and oxygen atoms in total. The molecular weight excluding hydrogens is 251 g/mol. The van der Waals surface area contributed by atoms with Crippen molar-refractivity contribution < 1.29 is 4.39 Å². The van der Waals surface area contributed by atoms with E-state index in [1.54, 1.807) is 12.1 Å². The van der Waals surface area contributed by atoms with Gasteiger partial charge < -0.3 is 5.32 Å². The molecule has 0 saturated heterocycles. The Hall–Kier alpha value is -0.930. The number of halogens is 1. The first-order chi connectivity index (χ1) is 9.63. The number of nitrogens with one attached hydrogen (secondary N) is 1. The molecule has 1 atom stereocenters. The van der Waals surface area contributed by atoms with Gasteiger partial charge in [0.15, 0.2) is 0 Å². The lowest BCUT2D eigenvalue weighted by Crippen LogP contribution is -2.41. The highest BCUT2D eigenvalue weighted by molar-refractivity contribution is 5.20. The topological polar surface area (TPSA) is 15.3 Å². The summed E-state index contributed by atoms with van der Waals surface area (Å²) in [7, 11) is 2.13. The summed E-state index contributed by atoms with van der Waals surface area (Å²) in [6.45, 7) is 5.32. The van der Waals surface area contributed by atoms with Crippen LogP contribution in [0.15, 0.2) is 24.3 Å². The maximum absolute atomic E-state index is 13.9. The van der Waals surface area contributed by atoms with Gasteiger partial charge in [-0.2, -0.15) is 0 Å². The summed E-state index contributed by atoms with van der Waals surface area (Å²) in [6, 6.07) is 8.52. The molecule has 1 fully saturated rings. The molecule has 1 N–H and O–H groups in total. The molecule has 0 radical (unpaired) electrons. The molecule has 112 valence electrons. The smallest absolute Gasteiger partial charge is 0.127 e. The van der Waals surface area contributed by atoms with Crippen LogP contribution in [0.4, 0.5) is 4.39 Å². The second-order valence-corrected chi connectivity index (χ2v) is 5.93. The van der Waals surface area contributed by atoms with Crippen molar-refractivity contribution in [1.29, 1.82) is 0 Å². The van der Waals surface area contributed by atoms with Gasteiger partial charge in [-0.1, -0.05) is 25.1 Å². The van der Waals surface area contributed by atoms with Crippen LogP contribution < -0.4 is 5.32 Å². The van der Waals surface area contributed by atoms with E-state index in [9.17, 15) is 4.39 Å². The second kappa shape index (κ2) is 7.19. The van der Waals surface area contributed by atoms with Gasteiger partial charge in [0.2, 0.25) is 0 Å². The highest BCUT2D eigenvalue weighted by Gasteiger charge is 2.27. The Labute approximate surface area is 122 Å². The minimum atomic E-state index is -0.0896. The molecule has 2 rings (SSSR count). The number of benzene rings is 1. The molecule has 0 aromatic heterocycles. The third kappa shape index (κ3) is 3.58. The first-order valence-corrected chi connectivity index (χ1v) is 7.83.